The molecule has 1 aromatic heterocycles. The van der Waals surface area contributed by atoms with E-state index in [1.807, 2.05) is 34.5 Å². The highest BCUT2D eigenvalue weighted by molar-refractivity contribution is 7.08. The minimum atomic E-state index is -0.305. The third-order valence-electron chi connectivity index (χ3n) is 4.78. The van der Waals surface area contributed by atoms with Gasteiger partial charge in [-0.05, 0) is 42.5 Å². The van der Waals surface area contributed by atoms with Crippen LogP contribution in [0.3, 0.4) is 0 Å². The highest BCUT2D eigenvalue weighted by Gasteiger charge is 2.29. The zero-order valence-electron chi connectivity index (χ0n) is 15.5. The van der Waals surface area contributed by atoms with Gasteiger partial charge in [-0.15, -0.1) is 0 Å². The number of likely N-dealkylation sites (tertiary alicyclic amines) is 1. The van der Waals surface area contributed by atoms with Gasteiger partial charge in [-0.25, -0.2) is 0 Å². The van der Waals surface area contributed by atoms with Gasteiger partial charge in [-0.3, -0.25) is 19.3 Å². The van der Waals surface area contributed by atoms with Crippen molar-refractivity contribution in [2.24, 2.45) is 5.73 Å². The van der Waals surface area contributed by atoms with Crippen molar-refractivity contribution in [1.82, 2.24) is 10.2 Å². The van der Waals surface area contributed by atoms with Crippen molar-refractivity contribution >= 4 is 34.7 Å². The fourth-order valence-electron chi connectivity index (χ4n) is 3.33. The van der Waals surface area contributed by atoms with Gasteiger partial charge >= 0.3 is 0 Å². The van der Waals surface area contributed by atoms with Crippen molar-refractivity contribution in [2.45, 2.75) is 31.8 Å². The molecule has 28 heavy (non-hydrogen) atoms. The van der Waals surface area contributed by atoms with Gasteiger partial charge in [-0.1, -0.05) is 18.2 Å². The summed E-state index contributed by atoms with van der Waals surface area (Å²) in [6.45, 7) is 1.63. The Labute approximate surface area is 167 Å². The standard InChI is InChI=1S/C20H24N4O3S/c21-19(26)17-6-3-10-24(17)12-14-4-1-2-5-16(14)23-18(25)7-9-22-20(27)15-8-11-28-13-15/h1-2,4-5,8,11,13,17H,3,6-7,9-10,12H2,(H2,21,26)(H,22,27)(H,23,25). The van der Waals surface area contributed by atoms with E-state index in [2.05, 4.69) is 10.6 Å². The number of nitrogens with two attached hydrogens (primary N) is 1. The number of thiophene rings is 1. The lowest BCUT2D eigenvalue weighted by Gasteiger charge is -2.23. The first-order valence-electron chi connectivity index (χ1n) is 9.26. The van der Waals surface area contributed by atoms with E-state index < -0.39 is 0 Å². The highest BCUT2D eigenvalue weighted by atomic mass is 32.1. The molecule has 0 spiro atoms. The lowest BCUT2D eigenvalue weighted by molar-refractivity contribution is -0.122. The molecule has 1 atom stereocenters. The molecule has 1 fully saturated rings. The van der Waals surface area contributed by atoms with Crippen molar-refractivity contribution in [3.63, 3.8) is 0 Å². The quantitative estimate of drug-likeness (QED) is 0.630. The van der Waals surface area contributed by atoms with Crippen molar-refractivity contribution < 1.29 is 14.4 Å². The van der Waals surface area contributed by atoms with E-state index in [9.17, 15) is 14.4 Å². The van der Waals surface area contributed by atoms with Crippen LogP contribution in [0.4, 0.5) is 5.69 Å². The average Bonchev–Trinajstić information content (AvgIpc) is 3.35. The van der Waals surface area contributed by atoms with E-state index in [1.54, 1.807) is 11.4 Å². The zero-order chi connectivity index (χ0) is 19.9. The topological polar surface area (TPSA) is 105 Å². The summed E-state index contributed by atoms with van der Waals surface area (Å²) >= 11 is 1.45. The second-order valence-corrected chi connectivity index (χ2v) is 7.53. The Morgan fingerprint density at radius 2 is 2.04 bits per heavy atom. The van der Waals surface area contributed by atoms with Crippen LogP contribution < -0.4 is 16.4 Å². The van der Waals surface area contributed by atoms with Gasteiger partial charge in [0.1, 0.15) is 0 Å². The molecule has 0 radical (unpaired) electrons. The number of carbonyl (C=O) groups is 3. The van der Waals surface area contributed by atoms with E-state index in [1.165, 1.54) is 11.3 Å². The largest absolute Gasteiger partial charge is 0.368 e. The maximum atomic E-state index is 12.3. The van der Waals surface area contributed by atoms with Crippen LogP contribution in [-0.2, 0) is 16.1 Å². The summed E-state index contributed by atoms with van der Waals surface area (Å²) in [5.41, 5.74) is 7.74. The first kappa shape index (κ1) is 20.0. The number of hydrogen-bond acceptors (Lipinski definition) is 5. The van der Waals surface area contributed by atoms with Gasteiger partial charge in [0.05, 0.1) is 6.04 Å². The Kier molecular flexibility index (Phi) is 6.78. The number of carbonyl (C=O) groups excluding carboxylic acids is 3. The molecule has 3 amide bonds. The summed E-state index contributed by atoms with van der Waals surface area (Å²) in [5.74, 6) is -0.660. The van der Waals surface area contributed by atoms with Crippen LogP contribution in [0.1, 0.15) is 35.2 Å². The first-order chi connectivity index (χ1) is 13.5. The minimum Gasteiger partial charge on any atom is -0.368 e. The SMILES string of the molecule is NC(=O)C1CCCN1Cc1ccccc1NC(=O)CCNC(=O)c1ccsc1. The molecule has 3 rings (SSSR count). The molecule has 2 aromatic rings. The second kappa shape index (κ2) is 9.48. The molecule has 1 unspecified atom stereocenters. The predicted molar refractivity (Wildman–Crippen MR) is 109 cm³/mol. The zero-order valence-corrected chi connectivity index (χ0v) is 16.3. The molecule has 0 bridgehead atoms. The second-order valence-electron chi connectivity index (χ2n) is 6.75. The molecule has 0 saturated carbocycles. The third-order valence-corrected chi connectivity index (χ3v) is 5.46. The molecule has 1 saturated heterocycles. The Morgan fingerprint density at radius 3 is 2.79 bits per heavy atom. The Balaban J connectivity index is 1.53. The minimum absolute atomic E-state index is 0.175. The van der Waals surface area contributed by atoms with Gasteiger partial charge < -0.3 is 16.4 Å². The van der Waals surface area contributed by atoms with E-state index in [-0.39, 0.29) is 36.7 Å². The van der Waals surface area contributed by atoms with Crippen LogP contribution in [0.25, 0.3) is 0 Å². The van der Waals surface area contributed by atoms with Gasteiger partial charge in [0.2, 0.25) is 11.8 Å². The Hall–Kier alpha value is -2.71. The van der Waals surface area contributed by atoms with Crippen molar-refractivity contribution in [3.8, 4) is 0 Å². The van der Waals surface area contributed by atoms with Crippen LogP contribution in [0.15, 0.2) is 41.1 Å². The van der Waals surface area contributed by atoms with Gasteiger partial charge in [0.15, 0.2) is 0 Å². The van der Waals surface area contributed by atoms with E-state index in [0.717, 1.165) is 24.9 Å². The molecule has 148 valence electrons. The number of hydrogen-bond donors (Lipinski definition) is 3. The normalized spacial score (nSPS) is 16.6. The summed E-state index contributed by atoms with van der Waals surface area (Å²) in [6.07, 6.45) is 1.89. The predicted octanol–water partition coefficient (Wildman–Crippen LogP) is 1.96. The number of rotatable bonds is 8. The molecule has 1 aliphatic heterocycles. The van der Waals surface area contributed by atoms with Crippen LogP contribution in [0.2, 0.25) is 0 Å². The summed E-state index contributed by atoms with van der Waals surface area (Å²) in [6, 6.07) is 9.02. The number of amides is 3. The lowest BCUT2D eigenvalue weighted by atomic mass is 10.1. The fraction of sp³-hybridized carbons (Fsp3) is 0.350. The lowest BCUT2D eigenvalue weighted by Crippen LogP contribution is -2.39. The summed E-state index contributed by atoms with van der Waals surface area (Å²) in [7, 11) is 0. The summed E-state index contributed by atoms with van der Waals surface area (Å²) < 4.78 is 0. The summed E-state index contributed by atoms with van der Waals surface area (Å²) in [5, 5.41) is 9.25. The number of para-hydroxylation sites is 1. The van der Waals surface area contributed by atoms with Gasteiger partial charge in [0, 0.05) is 36.1 Å². The van der Waals surface area contributed by atoms with Gasteiger partial charge in [-0.2, -0.15) is 11.3 Å². The Morgan fingerprint density at radius 1 is 1.21 bits per heavy atom. The molecule has 1 aliphatic rings. The van der Waals surface area contributed by atoms with E-state index in [4.69, 9.17) is 5.73 Å². The average molecular weight is 401 g/mol. The van der Waals surface area contributed by atoms with E-state index in [0.29, 0.717) is 17.8 Å². The van der Waals surface area contributed by atoms with E-state index >= 15 is 0 Å². The van der Waals surface area contributed by atoms with Crippen LogP contribution in [0.5, 0.6) is 0 Å². The van der Waals surface area contributed by atoms with Crippen LogP contribution >= 0.6 is 11.3 Å². The van der Waals surface area contributed by atoms with Crippen molar-refractivity contribution in [1.29, 1.82) is 0 Å². The molecule has 1 aromatic carbocycles. The van der Waals surface area contributed by atoms with Crippen molar-refractivity contribution in [3.05, 3.63) is 52.2 Å². The maximum absolute atomic E-state index is 12.3. The van der Waals surface area contributed by atoms with Crippen molar-refractivity contribution in [2.75, 3.05) is 18.4 Å². The van der Waals surface area contributed by atoms with Crippen LogP contribution in [0, 0.1) is 0 Å². The number of primary amides is 1. The number of anilines is 1. The first-order valence-corrected chi connectivity index (χ1v) is 10.2. The third kappa shape index (κ3) is 5.17. The number of nitrogens with zero attached hydrogens (tertiary/aromatic N) is 1. The maximum Gasteiger partial charge on any atom is 0.252 e. The molecule has 4 N–H and O–H groups in total. The Bertz CT molecular complexity index is 838. The molecular formula is C20H24N4O3S. The molecule has 7 nitrogen and oxygen atoms in total. The summed E-state index contributed by atoms with van der Waals surface area (Å²) in [4.78, 5) is 37.8. The molecule has 2 heterocycles. The number of nitrogens with one attached hydrogen (secondary N) is 2. The fourth-order valence-corrected chi connectivity index (χ4v) is 3.97. The molecular weight excluding hydrogens is 376 g/mol. The van der Waals surface area contributed by atoms with Crippen LogP contribution in [-0.4, -0.2) is 41.8 Å². The number of benzene rings is 1. The molecule has 0 aliphatic carbocycles. The monoisotopic (exact) mass is 400 g/mol. The smallest absolute Gasteiger partial charge is 0.252 e. The highest BCUT2D eigenvalue weighted by Crippen LogP contribution is 2.23. The van der Waals surface area contributed by atoms with Gasteiger partial charge in [0.25, 0.3) is 5.91 Å². The molecule has 8 heteroatoms.